The highest BCUT2D eigenvalue weighted by Crippen LogP contribution is 2.29. The van der Waals surface area contributed by atoms with Crippen LogP contribution in [0, 0.1) is 5.92 Å². The number of amides is 4. The summed E-state index contributed by atoms with van der Waals surface area (Å²) < 4.78 is 1.63. The molecular weight excluding hydrogens is 570 g/mol. The summed E-state index contributed by atoms with van der Waals surface area (Å²) >= 11 is 0. The Kier molecular flexibility index (Phi) is 12.6. The summed E-state index contributed by atoms with van der Waals surface area (Å²) in [6.07, 6.45) is 8.67. The molecule has 45 heavy (non-hydrogen) atoms. The number of hydrogen-bond donors (Lipinski definition) is 3. The average molecular weight is 622 g/mol. The highest BCUT2D eigenvalue weighted by atomic mass is 16.2. The number of aryl methyl sites for hydroxylation is 1. The van der Waals surface area contributed by atoms with Gasteiger partial charge in [-0.1, -0.05) is 51.7 Å². The first-order valence-electron chi connectivity index (χ1n) is 16.8. The van der Waals surface area contributed by atoms with Crippen molar-refractivity contribution in [2.75, 3.05) is 38.5 Å². The second-order valence-electron chi connectivity index (χ2n) is 12.4. The molecule has 1 saturated heterocycles. The van der Waals surface area contributed by atoms with E-state index in [-0.39, 0.29) is 35.5 Å². The Hall–Kier alpha value is -3.73. The van der Waals surface area contributed by atoms with Gasteiger partial charge in [0, 0.05) is 56.9 Å². The number of nitrogens with zero attached hydrogens (tertiary/aromatic N) is 4. The van der Waals surface area contributed by atoms with Crippen LogP contribution < -0.4 is 16.0 Å². The molecular formula is C34H51N7O4. The smallest absolute Gasteiger partial charge is 0.270 e. The van der Waals surface area contributed by atoms with Gasteiger partial charge in [-0.3, -0.25) is 23.9 Å². The molecule has 0 spiro atoms. The number of nitrogens with one attached hydrogen (secondary N) is 3. The van der Waals surface area contributed by atoms with Crippen molar-refractivity contribution in [2.24, 2.45) is 5.92 Å². The first-order chi connectivity index (χ1) is 21.7. The minimum absolute atomic E-state index is 0.0433. The molecule has 11 heteroatoms. The van der Waals surface area contributed by atoms with E-state index >= 15 is 0 Å². The van der Waals surface area contributed by atoms with Gasteiger partial charge in [0.05, 0.1) is 0 Å². The number of piperazine rings is 1. The predicted molar refractivity (Wildman–Crippen MR) is 175 cm³/mol. The number of rotatable bonds is 12. The van der Waals surface area contributed by atoms with E-state index in [2.05, 4.69) is 25.9 Å². The summed E-state index contributed by atoms with van der Waals surface area (Å²) in [4.78, 5) is 57.3. The van der Waals surface area contributed by atoms with Crippen LogP contribution in [0.2, 0.25) is 0 Å². The van der Waals surface area contributed by atoms with Crippen LogP contribution in [0.4, 0.5) is 5.69 Å². The Morgan fingerprint density at radius 3 is 2.16 bits per heavy atom. The lowest BCUT2D eigenvalue weighted by molar-refractivity contribution is -0.138. The van der Waals surface area contributed by atoms with E-state index < -0.39 is 12.1 Å². The maximum absolute atomic E-state index is 13.8. The molecule has 4 amide bonds. The second-order valence-corrected chi connectivity index (χ2v) is 12.4. The van der Waals surface area contributed by atoms with Gasteiger partial charge in [-0.2, -0.15) is 5.10 Å². The van der Waals surface area contributed by atoms with Gasteiger partial charge in [-0.15, -0.1) is 0 Å². The van der Waals surface area contributed by atoms with Crippen LogP contribution in [0.1, 0.15) is 94.1 Å². The molecule has 0 radical (unpaired) electrons. The van der Waals surface area contributed by atoms with Crippen molar-refractivity contribution in [3.8, 4) is 0 Å². The zero-order chi connectivity index (χ0) is 32.3. The van der Waals surface area contributed by atoms with Gasteiger partial charge in [0.25, 0.3) is 5.91 Å². The van der Waals surface area contributed by atoms with Crippen LogP contribution in [-0.2, 0) is 20.9 Å². The van der Waals surface area contributed by atoms with Crippen molar-refractivity contribution in [3.63, 3.8) is 0 Å². The van der Waals surface area contributed by atoms with E-state index in [1.165, 1.54) is 0 Å². The molecule has 1 aromatic heterocycles. The van der Waals surface area contributed by atoms with Crippen molar-refractivity contribution in [1.29, 1.82) is 0 Å². The molecule has 246 valence electrons. The number of benzene rings is 1. The lowest BCUT2D eigenvalue weighted by Gasteiger charge is -2.37. The summed E-state index contributed by atoms with van der Waals surface area (Å²) in [5, 5.41) is 13.3. The third kappa shape index (κ3) is 8.93. The number of likely N-dealkylation sites (N-methyl/N-ethyl adjacent to an activating group) is 1. The molecule has 1 saturated carbocycles. The summed E-state index contributed by atoms with van der Waals surface area (Å²) in [5.41, 5.74) is 1.97. The molecule has 3 atom stereocenters. The number of carbonyl (C=O) groups is 4. The molecule has 1 aliphatic carbocycles. The normalized spacial score (nSPS) is 18.4. The fourth-order valence-electron chi connectivity index (χ4n) is 6.57. The van der Waals surface area contributed by atoms with Crippen LogP contribution in [0.5, 0.6) is 0 Å². The molecule has 4 rings (SSSR count). The molecule has 0 bridgehead atoms. The number of carbonyl (C=O) groups excluding carboxylic acids is 4. The molecule has 2 aromatic rings. The van der Waals surface area contributed by atoms with Crippen molar-refractivity contribution in [1.82, 2.24) is 30.2 Å². The van der Waals surface area contributed by atoms with Crippen molar-refractivity contribution >= 4 is 29.3 Å². The fraction of sp³-hybridized carbons (Fsp3) is 0.618. The van der Waals surface area contributed by atoms with E-state index in [0.717, 1.165) is 57.2 Å². The zero-order valence-electron chi connectivity index (χ0n) is 27.4. The van der Waals surface area contributed by atoms with Crippen molar-refractivity contribution in [3.05, 3.63) is 47.8 Å². The maximum atomic E-state index is 13.8. The summed E-state index contributed by atoms with van der Waals surface area (Å²) in [7, 11) is 2.04. The highest BCUT2D eigenvalue weighted by Gasteiger charge is 2.35. The number of hydrogen-bond acceptors (Lipinski definition) is 6. The zero-order valence-corrected chi connectivity index (χ0v) is 27.4. The Bertz CT molecular complexity index is 1280. The topological polar surface area (TPSA) is 129 Å². The van der Waals surface area contributed by atoms with Gasteiger partial charge in [-0.05, 0) is 62.9 Å². The molecule has 2 heterocycles. The van der Waals surface area contributed by atoms with Crippen LogP contribution in [0.3, 0.4) is 0 Å². The van der Waals surface area contributed by atoms with E-state index in [1.807, 2.05) is 50.1 Å². The van der Waals surface area contributed by atoms with Crippen LogP contribution in [0.25, 0.3) is 0 Å². The SMILES string of the molecule is CCC(=O)NC(C(=O)N1CCN(C)CC1)C(CC)c1ccc(NC(=O)C(NC(=O)c2ccnn2CC)C2CCCCCC2)cc1. The minimum atomic E-state index is -0.672. The quantitative estimate of drug-likeness (QED) is 0.310. The Morgan fingerprint density at radius 1 is 0.889 bits per heavy atom. The fourth-order valence-corrected chi connectivity index (χ4v) is 6.57. The Morgan fingerprint density at radius 2 is 1.56 bits per heavy atom. The first kappa shape index (κ1) is 34.1. The van der Waals surface area contributed by atoms with Gasteiger partial charge < -0.3 is 25.8 Å². The third-order valence-electron chi connectivity index (χ3n) is 9.36. The van der Waals surface area contributed by atoms with Gasteiger partial charge in [0.1, 0.15) is 17.8 Å². The van der Waals surface area contributed by atoms with Gasteiger partial charge in [0.2, 0.25) is 17.7 Å². The third-order valence-corrected chi connectivity index (χ3v) is 9.36. The number of aromatic nitrogens is 2. The predicted octanol–water partition coefficient (Wildman–Crippen LogP) is 3.77. The Balaban J connectivity index is 1.51. The standard InChI is InChI=1S/C34H51N7O4/c1-5-27(31(37-29(42)6-2)34(45)40-22-20-39(4)21-23-40)24-14-16-26(17-15-24)36-33(44)30(25-12-10-8-9-11-13-25)38-32(43)28-18-19-35-41(28)7-3/h14-19,25,27,30-31H,5-13,20-23H2,1-4H3,(H,36,44)(H,37,42)(H,38,43). The maximum Gasteiger partial charge on any atom is 0.270 e. The molecule has 3 N–H and O–H groups in total. The van der Waals surface area contributed by atoms with E-state index in [1.54, 1.807) is 23.9 Å². The molecule has 2 fully saturated rings. The van der Waals surface area contributed by atoms with Crippen LogP contribution >= 0.6 is 0 Å². The van der Waals surface area contributed by atoms with Gasteiger partial charge in [0.15, 0.2) is 0 Å². The van der Waals surface area contributed by atoms with Crippen LogP contribution in [0.15, 0.2) is 36.5 Å². The molecule has 1 aromatic carbocycles. The monoisotopic (exact) mass is 621 g/mol. The Labute approximate surface area is 267 Å². The number of anilines is 1. The van der Waals surface area contributed by atoms with Gasteiger partial charge in [-0.25, -0.2) is 0 Å². The van der Waals surface area contributed by atoms with Crippen molar-refractivity contribution in [2.45, 2.75) is 96.7 Å². The second kappa shape index (κ2) is 16.5. The first-order valence-corrected chi connectivity index (χ1v) is 16.8. The lowest BCUT2D eigenvalue weighted by Crippen LogP contribution is -2.56. The molecule has 2 aliphatic rings. The van der Waals surface area contributed by atoms with E-state index in [0.29, 0.717) is 43.9 Å². The lowest BCUT2D eigenvalue weighted by atomic mass is 9.87. The van der Waals surface area contributed by atoms with Gasteiger partial charge >= 0.3 is 0 Å². The van der Waals surface area contributed by atoms with E-state index in [9.17, 15) is 19.2 Å². The molecule has 11 nitrogen and oxygen atoms in total. The largest absolute Gasteiger partial charge is 0.344 e. The minimum Gasteiger partial charge on any atom is -0.344 e. The summed E-state index contributed by atoms with van der Waals surface area (Å²) in [6, 6.07) is 7.86. The van der Waals surface area contributed by atoms with Crippen molar-refractivity contribution < 1.29 is 19.2 Å². The van der Waals surface area contributed by atoms with E-state index in [4.69, 9.17) is 0 Å². The molecule has 1 aliphatic heterocycles. The average Bonchev–Trinajstić information content (AvgIpc) is 3.38. The molecule has 3 unspecified atom stereocenters. The highest BCUT2D eigenvalue weighted by molar-refractivity contribution is 6.00. The summed E-state index contributed by atoms with van der Waals surface area (Å²) in [6.45, 7) is 9.16. The summed E-state index contributed by atoms with van der Waals surface area (Å²) in [5.74, 6) is -0.930. The van der Waals surface area contributed by atoms with Crippen LogP contribution in [-0.4, -0.2) is 88.5 Å².